The van der Waals surface area contributed by atoms with Crippen LogP contribution < -0.4 is 14.8 Å². The number of carbonyl (C=O) groups is 1. The highest BCUT2D eigenvalue weighted by Gasteiger charge is 2.47. The normalized spacial score (nSPS) is 18.6. The quantitative estimate of drug-likeness (QED) is 0.840. The summed E-state index contributed by atoms with van der Waals surface area (Å²) in [7, 11) is 0. The molecule has 1 fully saturated rings. The molecule has 138 valence electrons. The van der Waals surface area contributed by atoms with E-state index in [1.807, 2.05) is 30.3 Å². The number of cyclic esters (lactones) is 1. The van der Waals surface area contributed by atoms with Gasteiger partial charge >= 0.3 is 12.0 Å². The minimum absolute atomic E-state index is 0.224. The molecule has 1 atom stereocenters. The van der Waals surface area contributed by atoms with Crippen LogP contribution in [0.25, 0.3) is 0 Å². The van der Waals surface area contributed by atoms with Crippen molar-refractivity contribution in [2.24, 2.45) is 0 Å². The number of ether oxygens (including phenoxy) is 3. The highest BCUT2D eigenvalue weighted by atomic mass is 19.3. The molecule has 1 heterocycles. The second-order valence-corrected chi connectivity index (χ2v) is 5.83. The molecule has 1 aliphatic rings. The number of nitrogens with one attached hydrogen (secondary N) is 1. The Labute approximate surface area is 149 Å². The number of alkyl carbamates (subject to hydrolysis) is 1. The Balaban J connectivity index is 1.83. The SMILES string of the molecule is CCOc1cc([C@@H]2NC(=O)OCC2(F)F)ccc1OCc1ccccc1. The van der Waals surface area contributed by atoms with E-state index in [0.717, 1.165) is 5.56 Å². The van der Waals surface area contributed by atoms with E-state index in [-0.39, 0.29) is 5.56 Å². The van der Waals surface area contributed by atoms with Gasteiger partial charge in [-0.3, -0.25) is 0 Å². The Morgan fingerprint density at radius 1 is 1.15 bits per heavy atom. The zero-order valence-corrected chi connectivity index (χ0v) is 14.2. The Bertz CT molecular complexity index is 767. The van der Waals surface area contributed by atoms with Crippen LogP contribution in [0.15, 0.2) is 48.5 Å². The Morgan fingerprint density at radius 2 is 1.92 bits per heavy atom. The standard InChI is InChI=1S/C19H19F2NO4/c1-2-24-16-10-14(17-19(20,21)12-26-18(23)22-17)8-9-15(16)25-11-13-6-4-3-5-7-13/h3-10,17H,2,11-12H2,1H3,(H,22,23)/t17-/m0/s1. The molecule has 26 heavy (non-hydrogen) atoms. The molecule has 1 N–H and O–H groups in total. The van der Waals surface area contributed by atoms with Crippen molar-refractivity contribution < 1.29 is 27.8 Å². The van der Waals surface area contributed by atoms with Crippen molar-refractivity contribution in [3.05, 3.63) is 59.7 Å². The van der Waals surface area contributed by atoms with Gasteiger partial charge in [-0.2, -0.15) is 0 Å². The van der Waals surface area contributed by atoms with Gasteiger partial charge in [0, 0.05) is 0 Å². The molecule has 2 aromatic carbocycles. The van der Waals surface area contributed by atoms with Gasteiger partial charge in [0.1, 0.15) is 12.6 Å². The van der Waals surface area contributed by atoms with Crippen LogP contribution in [0.3, 0.4) is 0 Å². The van der Waals surface area contributed by atoms with E-state index in [1.165, 1.54) is 12.1 Å². The first-order valence-electron chi connectivity index (χ1n) is 8.24. The number of benzene rings is 2. The van der Waals surface area contributed by atoms with Crippen molar-refractivity contribution in [1.29, 1.82) is 0 Å². The first kappa shape index (κ1) is 18.0. The van der Waals surface area contributed by atoms with Gasteiger partial charge in [-0.25, -0.2) is 13.6 Å². The molecule has 1 saturated heterocycles. The maximum absolute atomic E-state index is 14.1. The van der Waals surface area contributed by atoms with E-state index in [4.69, 9.17) is 9.47 Å². The zero-order chi connectivity index (χ0) is 18.6. The smallest absolute Gasteiger partial charge is 0.408 e. The van der Waals surface area contributed by atoms with Crippen molar-refractivity contribution in [2.45, 2.75) is 25.5 Å². The van der Waals surface area contributed by atoms with E-state index >= 15 is 0 Å². The van der Waals surface area contributed by atoms with Gasteiger partial charge in [0.25, 0.3) is 0 Å². The number of alkyl halides is 2. The van der Waals surface area contributed by atoms with E-state index in [9.17, 15) is 13.6 Å². The average Bonchev–Trinajstić information content (AvgIpc) is 2.64. The molecule has 0 aliphatic carbocycles. The third-order valence-electron chi connectivity index (χ3n) is 3.92. The summed E-state index contributed by atoms with van der Waals surface area (Å²) in [6, 6.07) is 12.6. The Hall–Kier alpha value is -2.83. The van der Waals surface area contributed by atoms with Gasteiger partial charge in [-0.15, -0.1) is 0 Å². The van der Waals surface area contributed by atoms with Gasteiger partial charge in [0.2, 0.25) is 0 Å². The van der Waals surface area contributed by atoms with E-state index < -0.39 is 24.7 Å². The fourth-order valence-corrected chi connectivity index (χ4v) is 2.66. The molecular formula is C19H19F2NO4. The maximum atomic E-state index is 14.1. The molecule has 0 unspecified atom stereocenters. The lowest BCUT2D eigenvalue weighted by Gasteiger charge is -2.32. The fraction of sp³-hybridized carbons (Fsp3) is 0.316. The third-order valence-corrected chi connectivity index (χ3v) is 3.92. The van der Waals surface area contributed by atoms with E-state index in [1.54, 1.807) is 13.0 Å². The minimum atomic E-state index is -3.22. The summed E-state index contributed by atoms with van der Waals surface area (Å²) in [4.78, 5) is 11.3. The van der Waals surface area contributed by atoms with Crippen LogP contribution >= 0.6 is 0 Å². The average molecular weight is 363 g/mol. The zero-order valence-electron chi connectivity index (χ0n) is 14.2. The summed E-state index contributed by atoms with van der Waals surface area (Å²) >= 11 is 0. The molecule has 0 saturated carbocycles. The predicted molar refractivity (Wildman–Crippen MR) is 90.6 cm³/mol. The second-order valence-electron chi connectivity index (χ2n) is 5.83. The molecule has 1 amide bonds. The lowest BCUT2D eigenvalue weighted by molar-refractivity contribution is -0.104. The molecule has 0 radical (unpaired) electrons. The monoisotopic (exact) mass is 363 g/mol. The molecule has 7 heteroatoms. The summed E-state index contributed by atoms with van der Waals surface area (Å²) in [6.07, 6.45) is -0.872. The van der Waals surface area contributed by atoms with Gasteiger partial charge in [-0.05, 0) is 30.2 Å². The minimum Gasteiger partial charge on any atom is -0.490 e. The first-order chi connectivity index (χ1) is 12.5. The van der Waals surface area contributed by atoms with Crippen LogP contribution in [0.1, 0.15) is 24.1 Å². The third kappa shape index (κ3) is 4.04. The highest BCUT2D eigenvalue weighted by Crippen LogP contribution is 2.38. The number of rotatable bonds is 6. The molecule has 0 spiro atoms. The van der Waals surface area contributed by atoms with Crippen LogP contribution in [-0.4, -0.2) is 25.2 Å². The summed E-state index contributed by atoms with van der Waals surface area (Å²) in [6.45, 7) is 1.50. The number of halogens is 2. The maximum Gasteiger partial charge on any atom is 0.408 e. The molecule has 5 nitrogen and oxygen atoms in total. The van der Waals surface area contributed by atoms with Crippen LogP contribution in [0.2, 0.25) is 0 Å². The lowest BCUT2D eigenvalue weighted by atomic mass is 9.99. The van der Waals surface area contributed by atoms with Gasteiger partial charge < -0.3 is 19.5 Å². The second kappa shape index (κ2) is 7.59. The molecule has 2 aromatic rings. The highest BCUT2D eigenvalue weighted by molar-refractivity contribution is 5.69. The molecule has 0 aromatic heterocycles. The summed E-state index contributed by atoms with van der Waals surface area (Å²) in [5.74, 6) is -2.43. The molecule has 3 rings (SSSR count). The molecule has 0 bridgehead atoms. The number of hydrogen-bond donors (Lipinski definition) is 1. The fourth-order valence-electron chi connectivity index (χ4n) is 2.66. The predicted octanol–water partition coefficient (Wildman–Crippen LogP) is 4.08. The number of carbonyl (C=O) groups excluding carboxylic acids is 1. The van der Waals surface area contributed by atoms with E-state index in [0.29, 0.717) is 24.7 Å². The van der Waals surface area contributed by atoms with Crippen LogP contribution in [0, 0.1) is 0 Å². The van der Waals surface area contributed by atoms with Crippen molar-refractivity contribution in [3.8, 4) is 11.5 Å². The van der Waals surface area contributed by atoms with Crippen molar-refractivity contribution in [2.75, 3.05) is 13.2 Å². The summed E-state index contributed by atoms with van der Waals surface area (Å²) < 4.78 is 43.9. The van der Waals surface area contributed by atoms with Crippen LogP contribution in [0.5, 0.6) is 11.5 Å². The first-order valence-corrected chi connectivity index (χ1v) is 8.24. The van der Waals surface area contributed by atoms with Crippen molar-refractivity contribution >= 4 is 6.09 Å². The summed E-state index contributed by atoms with van der Waals surface area (Å²) in [5, 5.41) is 2.16. The van der Waals surface area contributed by atoms with Gasteiger partial charge in [-0.1, -0.05) is 36.4 Å². The number of amides is 1. The van der Waals surface area contributed by atoms with Gasteiger partial charge in [0.05, 0.1) is 6.61 Å². The molecule has 1 aliphatic heterocycles. The van der Waals surface area contributed by atoms with Crippen molar-refractivity contribution in [3.63, 3.8) is 0 Å². The Morgan fingerprint density at radius 3 is 2.65 bits per heavy atom. The van der Waals surface area contributed by atoms with Gasteiger partial charge in [0.15, 0.2) is 18.1 Å². The van der Waals surface area contributed by atoms with Crippen LogP contribution in [-0.2, 0) is 11.3 Å². The molecular weight excluding hydrogens is 344 g/mol. The Kier molecular flexibility index (Phi) is 5.25. The topological polar surface area (TPSA) is 56.8 Å². The summed E-state index contributed by atoms with van der Waals surface area (Å²) in [5.41, 5.74) is 1.20. The number of hydrogen-bond acceptors (Lipinski definition) is 4. The largest absolute Gasteiger partial charge is 0.490 e. The van der Waals surface area contributed by atoms with Crippen molar-refractivity contribution in [1.82, 2.24) is 5.32 Å². The van der Waals surface area contributed by atoms with Crippen LogP contribution in [0.4, 0.5) is 13.6 Å². The van der Waals surface area contributed by atoms with E-state index in [2.05, 4.69) is 10.1 Å². The lowest BCUT2D eigenvalue weighted by Crippen LogP contribution is -2.49.